The van der Waals surface area contributed by atoms with Gasteiger partial charge in [0.2, 0.25) is 0 Å². The van der Waals surface area contributed by atoms with Crippen molar-refractivity contribution in [3.05, 3.63) is 78.1 Å². The van der Waals surface area contributed by atoms with E-state index in [4.69, 9.17) is 0 Å². The number of pyridine rings is 1. The third-order valence-corrected chi connectivity index (χ3v) is 7.77. The van der Waals surface area contributed by atoms with Gasteiger partial charge < -0.3 is 9.80 Å². The van der Waals surface area contributed by atoms with Gasteiger partial charge in [0.1, 0.15) is 5.69 Å². The van der Waals surface area contributed by atoms with E-state index in [-0.39, 0.29) is 11.9 Å². The number of nitrogens with zero attached hydrogens (tertiary/aromatic N) is 3. The first-order valence-corrected chi connectivity index (χ1v) is 12.9. The van der Waals surface area contributed by atoms with Gasteiger partial charge in [-0.15, -0.1) is 0 Å². The first-order valence-electron chi connectivity index (χ1n) is 12.9. The maximum absolute atomic E-state index is 13.7. The number of allylic oxidation sites excluding steroid dienone is 2. The van der Waals surface area contributed by atoms with E-state index in [1.165, 1.54) is 44.2 Å². The minimum atomic E-state index is 0.121. The molecule has 1 saturated carbocycles. The van der Waals surface area contributed by atoms with Crippen LogP contribution in [0.2, 0.25) is 0 Å². The summed E-state index contributed by atoms with van der Waals surface area (Å²) in [5.74, 6) is 1.48. The maximum Gasteiger partial charge on any atom is 0.272 e. The van der Waals surface area contributed by atoms with Crippen molar-refractivity contribution < 1.29 is 4.79 Å². The molecule has 174 valence electrons. The summed E-state index contributed by atoms with van der Waals surface area (Å²) < 4.78 is 0. The Hall–Kier alpha value is -2.46. The Balaban J connectivity index is 1.32. The first kappa shape index (κ1) is 22.3. The average Bonchev–Trinajstić information content (AvgIpc) is 3.71. The highest BCUT2D eigenvalue weighted by molar-refractivity contribution is 5.93. The zero-order chi connectivity index (χ0) is 22.5. The molecular weight excluding hydrogens is 406 g/mol. The summed E-state index contributed by atoms with van der Waals surface area (Å²) in [6.07, 6.45) is 15.8. The van der Waals surface area contributed by atoms with Gasteiger partial charge in [0.05, 0.1) is 0 Å². The third kappa shape index (κ3) is 5.73. The van der Waals surface area contributed by atoms with Crippen molar-refractivity contribution in [1.82, 2.24) is 14.8 Å². The quantitative estimate of drug-likeness (QED) is 0.515. The van der Waals surface area contributed by atoms with Gasteiger partial charge in [-0.25, -0.2) is 0 Å². The van der Waals surface area contributed by atoms with E-state index in [1.54, 1.807) is 6.20 Å². The lowest BCUT2D eigenvalue weighted by atomic mass is 9.83. The molecule has 0 bridgehead atoms. The van der Waals surface area contributed by atoms with Crippen molar-refractivity contribution >= 4 is 5.91 Å². The Kier molecular flexibility index (Phi) is 7.21. The van der Waals surface area contributed by atoms with Crippen molar-refractivity contribution in [3.63, 3.8) is 0 Å². The Morgan fingerprint density at radius 1 is 0.970 bits per heavy atom. The van der Waals surface area contributed by atoms with Gasteiger partial charge in [-0.2, -0.15) is 0 Å². The fourth-order valence-corrected chi connectivity index (χ4v) is 5.82. The minimum absolute atomic E-state index is 0.121. The number of amides is 1. The van der Waals surface area contributed by atoms with Crippen LogP contribution in [0.5, 0.6) is 0 Å². The predicted molar refractivity (Wildman–Crippen MR) is 133 cm³/mol. The van der Waals surface area contributed by atoms with E-state index in [2.05, 4.69) is 57.3 Å². The molecule has 2 aliphatic carbocycles. The zero-order valence-electron chi connectivity index (χ0n) is 19.7. The largest absolute Gasteiger partial charge is 0.331 e. The Bertz CT molecular complexity index is 916. The number of hydrogen-bond acceptors (Lipinski definition) is 3. The topological polar surface area (TPSA) is 36.4 Å². The number of benzene rings is 1. The standard InChI is InChI=1S/C29H37N3O/c33-29(27-13-7-8-18-30-27)32(26-14-15-26)28(21-23-9-3-1-4-10-23)25-16-19-31(20-17-25)22-24-11-5-2-6-12-24/h1-5,7-10,13,18,24-26,28H,6,11-12,14-17,19-22H2. The summed E-state index contributed by atoms with van der Waals surface area (Å²) in [5, 5.41) is 0. The molecule has 4 nitrogen and oxygen atoms in total. The van der Waals surface area contributed by atoms with Crippen LogP contribution in [0.25, 0.3) is 0 Å². The lowest BCUT2D eigenvalue weighted by molar-refractivity contribution is 0.0468. The summed E-state index contributed by atoms with van der Waals surface area (Å²) >= 11 is 0. The van der Waals surface area contributed by atoms with Crippen LogP contribution in [-0.2, 0) is 6.42 Å². The molecule has 0 N–H and O–H groups in total. The molecule has 1 aliphatic heterocycles. The molecule has 0 spiro atoms. The number of carbonyl (C=O) groups excluding carboxylic acids is 1. The van der Waals surface area contributed by atoms with Crippen LogP contribution in [0.4, 0.5) is 0 Å². The molecule has 1 aromatic carbocycles. The van der Waals surface area contributed by atoms with Gasteiger partial charge in [-0.1, -0.05) is 48.6 Å². The summed E-state index contributed by atoms with van der Waals surface area (Å²) in [5.41, 5.74) is 1.92. The number of hydrogen-bond donors (Lipinski definition) is 0. The second kappa shape index (κ2) is 10.6. The predicted octanol–water partition coefficient (Wildman–Crippen LogP) is 5.37. The van der Waals surface area contributed by atoms with Crippen LogP contribution in [0.3, 0.4) is 0 Å². The highest BCUT2D eigenvalue weighted by Gasteiger charge is 2.42. The monoisotopic (exact) mass is 443 g/mol. The molecule has 3 aliphatic rings. The zero-order valence-corrected chi connectivity index (χ0v) is 19.7. The summed E-state index contributed by atoms with van der Waals surface area (Å²) in [6, 6.07) is 17.1. The number of piperidine rings is 1. The van der Waals surface area contributed by atoms with Crippen LogP contribution in [0, 0.1) is 11.8 Å². The van der Waals surface area contributed by atoms with E-state index >= 15 is 0 Å². The van der Waals surface area contributed by atoms with Gasteiger partial charge in [0.25, 0.3) is 5.91 Å². The molecule has 5 rings (SSSR count). The summed E-state index contributed by atoms with van der Waals surface area (Å²) in [6.45, 7) is 3.55. The lowest BCUT2D eigenvalue weighted by Crippen LogP contribution is -2.50. The molecule has 1 aromatic heterocycles. The van der Waals surface area contributed by atoms with Crippen molar-refractivity contribution in [3.8, 4) is 0 Å². The van der Waals surface area contributed by atoms with Gasteiger partial charge in [-0.3, -0.25) is 9.78 Å². The number of aromatic nitrogens is 1. The van der Waals surface area contributed by atoms with E-state index in [0.29, 0.717) is 17.7 Å². The van der Waals surface area contributed by atoms with Crippen LogP contribution in [-0.4, -0.2) is 52.4 Å². The molecule has 2 unspecified atom stereocenters. The van der Waals surface area contributed by atoms with Crippen LogP contribution < -0.4 is 0 Å². The highest BCUT2D eigenvalue weighted by atomic mass is 16.2. The highest BCUT2D eigenvalue weighted by Crippen LogP contribution is 2.36. The first-order chi connectivity index (χ1) is 16.3. The van der Waals surface area contributed by atoms with Crippen LogP contribution in [0.1, 0.15) is 61.0 Å². The second-order valence-electron chi connectivity index (χ2n) is 10.2. The van der Waals surface area contributed by atoms with Gasteiger partial charge in [0.15, 0.2) is 0 Å². The summed E-state index contributed by atoms with van der Waals surface area (Å²) in [4.78, 5) is 23.0. The SMILES string of the molecule is O=C(c1ccccn1)N(C1CC1)C(Cc1ccccc1)C1CCN(CC2CC=CCC2)CC1. The molecule has 1 amide bonds. The van der Waals surface area contributed by atoms with Crippen LogP contribution >= 0.6 is 0 Å². The fourth-order valence-electron chi connectivity index (χ4n) is 5.82. The molecule has 2 heterocycles. The normalized spacial score (nSPS) is 22.7. The van der Waals surface area contributed by atoms with E-state index in [9.17, 15) is 4.79 Å². The van der Waals surface area contributed by atoms with Crippen molar-refractivity contribution in [1.29, 1.82) is 0 Å². The summed E-state index contributed by atoms with van der Waals surface area (Å²) in [7, 11) is 0. The van der Waals surface area contributed by atoms with E-state index < -0.39 is 0 Å². The van der Waals surface area contributed by atoms with Gasteiger partial charge >= 0.3 is 0 Å². The number of likely N-dealkylation sites (tertiary alicyclic amines) is 1. The van der Waals surface area contributed by atoms with E-state index in [0.717, 1.165) is 38.3 Å². The van der Waals surface area contributed by atoms with Crippen molar-refractivity contribution in [2.75, 3.05) is 19.6 Å². The van der Waals surface area contributed by atoms with Gasteiger partial charge in [0, 0.05) is 24.8 Å². The molecule has 2 atom stereocenters. The maximum atomic E-state index is 13.7. The molecule has 33 heavy (non-hydrogen) atoms. The number of rotatable bonds is 8. The van der Waals surface area contributed by atoms with Crippen LogP contribution in [0.15, 0.2) is 66.9 Å². The molecule has 1 saturated heterocycles. The van der Waals surface area contributed by atoms with Crippen molar-refractivity contribution in [2.45, 2.75) is 63.5 Å². The lowest BCUT2D eigenvalue weighted by Gasteiger charge is -2.42. The molecule has 2 fully saturated rings. The van der Waals surface area contributed by atoms with E-state index in [1.807, 2.05) is 18.2 Å². The minimum Gasteiger partial charge on any atom is -0.331 e. The Morgan fingerprint density at radius 3 is 2.42 bits per heavy atom. The molecular formula is C29H37N3O. The smallest absolute Gasteiger partial charge is 0.272 e. The second-order valence-corrected chi connectivity index (χ2v) is 10.2. The third-order valence-electron chi connectivity index (χ3n) is 7.77. The average molecular weight is 444 g/mol. The number of carbonyl (C=O) groups is 1. The Labute approximate surface area is 198 Å². The Morgan fingerprint density at radius 2 is 1.76 bits per heavy atom. The van der Waals surface area contributed by atoms with Gasteiger partial charge in [-0.05, 0) is 94.0 Å². The molecule has 0 radical (unpaired) electrons. The van der Waals surface area contributed by atoms with Crippen molar-refractivity contribution in [2.24, 2.45) is 11.8 Å². The molecule has 2 aromatic rings. The fraction of sp³-hybridized carbons (Fsp3) is 0.517. The molecule has 4 heteroatoms.